The van der Waals surface area contributed by atoms with E-state index in [0.717, 1.165) is 37.2 Å². The number of benzene rings is 1. The summed E-state index contributed by atoms with van der Waals surface area (Å²) in [7, 11) is 5.37. The average Bonchev–Trinajstić information content (AvgIpc) is 3.74. The Morgan fingerprint density at radius 3 is 2.28 bits per heavy atom. The van der Waals surface area contributed by atoms with E-state index in [1.54, 1.807) is 27.7 Å². The van der Waals surface area contributed by atoms with Crippen molar-refractivity contribution in [1.82, 2.24) is 24.8 Å². The number of methoxy groups -OCH3 is 1. The molecule has 4 heterocycles. The molecule has 7 N–H and O–H groups in total. The number of hydrogen-bond donors (Lipinski definition) is 6. The van der Waals surface area contributed by atoms with Gasteiger partial charge in [0.15, 0.2) is 6.29 Å². The summed E-state index contributed by atoms with van der Waals surface area (Å²) in [5, 5.41) is 68.8. The van der Waals surface area contributed by atoms with Gasteiger partial charge in [-0.3, -0.25) is 9.48 Å². The van der Waals surface area contributed by atoms with Crippen LogP contribution in [0.4, 0.5) is 5.69 Å². The number of aliphatic hydroxyl groups excluding tert-OH is 3. The lowest BCUT2D eigenvalue weighted by molar-refractivity contribution is -0.302. The number of nitrogen functional groups attached to an aromatic ring is 1. The molecule has 388 valence electrons. The molecule has 0 amide bonds. The van der Waals surface area contributed by atoms with Gasteiger partial charge in [-0.1, -0.05) is 45.0 Å². The predicted molar refractivity (Wildman–Crippen MR) is 259 cm³/mol. The van der Waals surface area contributed by atoms with Crippen LogP contribution < -0.4 is 5.73 Å². The number of aryl methyl sites for hydroxylation is 2. The van der Waals surface area contributed by atoms with E-state index in [1.807, 2.05) is 76.6 Å². The van der Waals surface area contributed by atoms with Crippen molar-refractivity contribution in [3.05, 3.63) is 41.7 Å². The maximum Gasteiger partial charge on any atom is 0.309 e. The van der Waals surface area contributed by atoms with Crippen molar-refractivity contribution in [2.75, 3.05) is 40.0 Å². The number of anilines is 1. The summed E-state index contributed by atoms with van der Waals surface area (Å²) in [4.78, 5) is 18.6. The summed E-state index contributed by atoms with van der Waals surface area (Å²) in [5.41, 5.74) is 4.29. The van der Waals surface area contributed by atoms with E-state index in [-0.39, 0.29) is 37.3 Å². The van der Waals surface area contributed by atoms with Gasteiger partial charge < -0.3 is 64.8 Å². The molecular formula is C51H88N6O11. The molecular weight excluding hydrogens is 873 g/mol. The molecule has 1 aromatic heterocycles. The molecule has 3 aliphatic heterocycles. The Morgan fingerprint density at radius 2 is 1.63 bits per heavy atom. The molecule has 0 radical (unpaired) electrons. The Labute approximate surface area is 406 Å². The van der Waals surface area contributed by atoms with Crippen LogP contribution in [0.1, 0.15) is 119 Å². The largest absolute Gasteiger partial charge is 0.459 e. The van der Waals surface area contributed by atoms with Crippen molar-refractivity contribution in [1.29, 1.82) is 0 Å². The van der Waals surface area contributed by atoms with Gasteiger partial charge in [-0.15, -0.1) is 5.10 Å². The average molecular weight is 961 g/mol. The van der Waals surface area contributed by atoms with Crippen LogP contribution in [0.2, 0.25) is 0 Å². The van der Waals surface area contributed by atoms with Gasteiger partial charge in [-0.25, -0.2) is 0 Å². The van der Waals surface area contributed by atoms with Crippen LogP contribution in [0.15, 0.2) is 30.5 Å². The summed E-state index contributed by atoms with van der Waals surface area (Å²) in [6.07, 6.45) is -1.60. The molecule has 3 saturated heterocycles. The second kappa shape index (κ2) is 23.6. The minimum absolute atomic E-state index is 0.158. The van der Waals surface area contributed by atoms with Gasteiger partial charge in [0, 0.05) is 69.5 Å². The number of hydrogen-bond acceptors (Lipinski definition) is 16. The molecule has 5 rings (SSSR count). The molecule has 18 atom stereocenters. The van der Waals surface area contributed by atoms with Gasteiger partial charge in [-0.05, 0) is 124 Å². The zero-order chi connectivity index (χ0) is 50.5. The van der Waals surface area contributed by atoms with Gasteiger partial charge in [0.2, 0.25) is 0 Å². The summed E-state index contributed by atoms with van der Waals surface area (Å²) >= 11 is 0. The van der Waals surface area contributed by atoms with Crippen molar-refractivity contribution in [3.63, 3.8) is 0 Å². The number of unbranched alkanes of at least 4 members (excludes halogenated alkanes) is 1. The zero-order valence-corrected chi connectivity index (χ0v) is 43.3. The maximum atomic E-state index is 14.6. The number of nitrogens with zero attached hydrogens (tertiary/aromatic N) is 5. The molecule has 17 nitrogen and oxygen atoms in total. The Bertz CT molecular complexity index is 1870. The number of nitrogens with two attached hydrogens (primary N) is 1. The molecule has 68 heavy (non-hydrogen) atoms. The summed E-state index contributed by atoms with van der Waals surface area (Å²) in [6, 6.07) is 7.07. The van der Waals surface area contributed by atoms with E-state index >= 15 is 0 Å². The molecule has 1 aromatic carbocycles. The number of likely N-dealkylation sites (N-methyl/N-ethyl adjacent to an activating group) is 2. The molecule has 1 unspecified atom stereocenters. The normalized spacial score (nSPS) is 40.7. The van der Waals surface area contributed by atoms with Crippen LogP contribution in [0.25, 0.3) is 0 Å². The van der Waals surface area contributed by atoms with Crippen LogP contribution in [-0.2, 0) is 47.9 Å². The number of cyclic esters (lactones) is 1. The molecule has 17 heteroatoms. The monoisotopic (exact) mass is 961 g/mol. The van der Waals surface area contributed by atoms with E-state index < -0.39 is 95.6 Å². The van der Waals surface area contributed by atoms with Gasteiger partial charge in [0.1, 0.15) is 30.0 Å². The van der Waals surface area contributed by atoms with Crippen molar-refractivity contribution >= 4 is 11.7 Å². The number of carbonyl (C=O) groups is 1. The van der Waals surface area contributed by atoms with Crippen LogP contribution in [0.5, 0.6) is 0 Å². The topological polar surface area (TPSA) is 228 Å². The van der Waals surface area contributed by atoms with E-state index in [0.29, 0.717) is 25.9 Å². The van der Waals surface area contributed by atoms with Crippen molar-refractivity contribution < 1.29 is 54.0 Å². The highest BCUT2D eigenvalue weighted by Gasteiger charge is 2.55. The van der Waals surface area contributed by atoms with Gasteiger partial charge in [-0.2, -0.15) is 0 Å². The van der Waals surface area contributed by atoms with E-state index in [9.17, 15) is 30.3 Å². The molecule has 0 bridgehead atoms. The Morgan fingerprint density at radius 1 is 0.956 bits per heavy atom. The lowest BCUT2D eigenvalue weighted by Crippen LogP contribution is -2.62. The fourth-order valence-corrected chi connectivity index (χ4v) is 11.5. The van der Waals surface area contributed by atoms with Gasteiger partial charge >= 0.3 is 5.97 Å². The van der Waals surface area contributed by atoms with E-state index in [4.69, 9.17) is 29.4 Å². The summed E-state index contributed by atoms with van der Waals surface area (Å²) < 4.78 is 34.1. The molecule has 3 aliphatic rings. The van der Waals surface area contributed by atoms with Crippen molar-refractivity contribution in [2.45, 2.75) is 211 Å². The molecule has 0 aliphatic carbocycles. The SMILES string of the molecule is CC[C@H]1OC(=O)[C@H](C)C([C@H]2C[C@@](C)(OC)[C@@H](O)[C@H](C)O2)[C@H](C)[C@@H](O[C@@H]2O[C@H](C)C[C@H](N(C)CCc3cn(CCCCc4ccc(N)cc4)nn3)[C@H]2O)[C@](C)(O)C[C@@H](C)CN(C)[C@H](C)[C@@H](O)[C@]1(C)O. The maximum absolute atomic E-state index is 14.6. The fraction of sp³-hybridized carbons (Fsp3) is 0.824. The van der Waals surface area contributed by atoms with Crippen LogP contribution in [-0.4, -0.2) is 175 Å². The minimum atomic E-state index is -1.80. The fourth-order valence-electron chi connectivity index (χ4n) is 11.5. The Hall–Kier alpha value is -2.81. The molecule has 0 saturated carbocycles. The highest BCUT2D eigenvalue weighted by atomic mass is 16.7. The highest BCUT2D eigenvalue weighted by molar-refractivity contribution is 5.73. The van der Waals surface area contributed by atoms with E-state index in [1.165, 1.54) is 19.6 Å². The lowest BCUT2D eigenvalue weighted by Gasteiger charge is -2.51. The second-order valence-electron chi connectivity index (χ2n) is 21.7. The Balaban J connectivity index is 1.41. The standard InChI is InChI=1S/C51H88N6O11/c1-14-41-51(10,63)44(59)34(6)56(12)28-30(2)26-49(8,62)46(32(4)42(33(5)47(61)67-41)40-27-50(9,64-13)45(60)35(7)66-40)68-48-43(58)39(25-31(3)65-48)55(11)24-22-38-29-57(54-53-38)23-16-15-17-36-18-20-37(52)21-19-36/h18-21,29-35,39-46,48,58-60,62-63H,14-17,22-28,52H2,1-13H3/t30-,31-,32+,33-,34-,35+,39+,40-,41-,42?,43-,44-,45+,46-,48+,49-,50-,51-/m1/s1. The van der Waals surface area contributed by atoms with Crippen LogP contribution in [0, 0.1) is 23.7 Å². The molecule has 0 spiro atoms. The van der Waals surface area contributed by atoms with Crippen molar-refractivity contribution in [3.8, 4) is 0 Å². The predicted octanol–water partition coefficient (Wildman–Crippen LogP) is 3.98. The first kappa shape index (κ1) is 56.1. The number of ether oxygens (including phenoxy) is 5. The quantitative estimate of drug-likeness (QED) is 0.0894. The van der Waals surface area contributed by atoms with Gasteiger partial charge in [0.25, 0.3) is 0 Å². The number of carbonyl (C=O) groups excluding carboxylic acids is 1. The minimum Gasteiger partial charge on any atom is -0.459 e. The third kappa shape index (κ3) is 13.4. The second-order valence-corrected chi connectivity index (χ2v) is 21.7. The van der Waals surface area contributed by atoms with E-state index in [2.05, 4.69) is 27.3 Å². The first-order valence-corrected chi connectivity index (χ1v) is 25.2. The third-order valence-electron chi connectivity index (χ3n) is 15.9. The third-order valence-corrected chi connectivity index (χ3v) is 15.9. The first-order chi connectivity index (χ1) is 31.8. The van der Waals surface area contributed by atoms with Gasteiger partial charge in [0.05, 0.1) is 47.2 Å². The Kier molecular flexibility index (Phi) is 19.5. The lowest BCUT2D eigenvalue weighted by atomic mass is 9.68. The van der Waals surface area contributed by atoms with Crippen LogP contribution >= 0.6 is 0 Å². The number of aromatic nitrogens is 3. The summed E-state index contributed by atoms with van der Waals surface area (Å²) in [5.74, 6) is -3.07. The highest BCUT2D eigenvalue weighted by Crippen LogP contribution is 2.45. The van der Waals surface area contributed by atoms with Crippen LogP contribution in [0.3, 0.4) is 0 Å². The zero-order valence-electron chi connectivity index (χ0n) is 43.3. The smallest absolute Gasteiger partial charge is 0.309 e. The first-order valence-electron chi connectivity index (χ1n) is 25.2. The number of rotatable bonds is 14. The van der Waals surface area contributed by atoms with Crippen molar-refractivity contribution in [2.24, 2.45) is 23.7 Å². The summed E-state index contributed by atoms with van der Waals surface area (Å²) in [6.45, 7) is 19.8. The molecule has 3 fully saturated rings. The number of esters is 1. The number of aliphatic hydroxyl groups is 5. The molecule has 2 aromatic rings.